The number of ether oxygens (including phenoxy) is 2. The molecule has 3 aliphatic heterocycles. The third kappa shape index (κ3) is 10.3. The summed E-state index contributed by atoms with van der Waals surface area (Å²) in [6.07, 6.45) is 3.30. The Morgan fingerprint density at radius 1 is 1.09 bits per heavy atom. The second-order valence-corrected chi connectivity index (χ2v) is 19.3. The van der Waals surface area contributed by atoms with Crippen molar-refractivity contribution in [1.82, 2.24) is 30.1 Å². The van der Waals surface area contributed by atoms with Crippen LogP contribution in [0.5, 0.6) is 5.75 Å². The van der Waals surface area contributed by atoms with Gasteiger partial charge in [-0.05, 0) is 103 Å². The van der Waals surface area contributed by atoms with Crippen molar-refractivity contribution < 1.29 is 42.9 Å². The van der Waals surface area contributed by atoms with Crippen LogP contribution in [-0.2, 0) is 59.3 Å². The maximum Gasteiger partial charge on any atom is 0.324 e. The fourth-order valence-electron chi connectivity index (χ4n) is 10.1. The molecule has 3 aromatic carbocycles. The first-order chi connectivity index (χ1) is 32.0. The van der Waals surface area contributed by atoms with Crippen LogP contribution in [0.2, 0.25) is 0 Å². The number of cyclic esters (lactones) is 1. The summed E-state index contributed by atoms with van der Waals surface area (Å²) >= 11 is 0. The normalized spacial score (nSPS) is 20.3. The Morgan fingerprint density at radius 3 is 2.57 bits per heavy atom. The number of halogens is 1. The lowest BCUT2D eigenvalue weighted by atomic mass is 9.83. The smallest absolute Gasteiger partial charge is 0.324 e. The van der Waals surface area contributed by atoms with Gasteiger partial charge in [-0.3, -0.25) is 29.0 Å². The Balaban J connectivity index is 1.32. The number of likely N-dealkylation sites (tertiary alicyclic amines) is 1. The number of esters is 1. The van der Waals surface area contributed by atoms with Crippen molar-refractivity contribution in [2.75, 3.05) is 47.0 Å². The average molecular weight is 921 g/mol. The Kier molecular flexibility index (Phi) is 14.9. The van der Waals surface area contributed by atoms with Gasteiger partial charge in [0.25, 0.3) is 5.91 Å². The number of carbonyl (C=O) groups excluding carboxylic acids is 5. The van der Waals surface area contributed by atoms with Crippen LogP contribution in [0.25, 0.3) is 33.3 Å². The van der Waals surface area contributed by atoms with E-state index in [4.69, 9.17) is 9.47 Å². The molecule has 0 radical (unpaired) electrons. The molecule has 6 bridgehead atoms. The number of hydrogen-bond acceptors (Lipinski definition) is 9. The highest BCUT2D eigenvalue weighted by atomic mass is 19.1. The molecule has 7 rings (SSSR count). The molecule has 2 saturated heterocycles. The predicted octanol–water partition coefficient (Wildman–Crippen LogP) is 6.19. The first-order valence-electron chi connectivity index (χ1n) is 23.4. The minimum absolute atomic E-state index is 0.0217. The molecule has 0 spiro atoms. The number of fused-ring (bicyclic) bond motifs is 6. The zero-order valence-corrected chi connectivity index (χ0v) is 39.8. The van der Waals surface area contributed by atoms with E-state index in [-0.39, 0.29) is 43.5 Å². The van der Waals surface area contributed by atoms with Crippen molar-refractivity contribution in [3.8, 4) is 28.1 Å². The minimum atomic E-state index is -1.40. The summed E-state index contributed by atoms with van der Waals surface area (Å²) in [5.41, 5.74) is 8.91. The van der Waals surface area contributed by atoms with Crippen LogP contribution < -0.4 is 10.7 Å². The summed E-state index contributed by atoms with van der Waals surface area (Å²) in [6.45, 7) is 15.4. The molecule has 4 aromatic rings. The molecule has 3 aliphatic rings. The van der Waals surface area contributed by atoms with Gasteiger partial charge >= 0.3 is 5.97 Å². The fourth-order valence-corrected chi connectivity index (χ4v) is 10.1. The van der Waals surface area contributed by atoms with Gasteiger partial charge in [-0.1, -0.05) is 64.6 Å². The predicted molar refractivity (Wildman–Crippen MR) is 254 cm³/mol. The van der Waals surface area contributed by atoms with E-state index in [2.05, 4.69) is 54.8 Å². The van der Waals surface area contributed by atoms with E-state index >= 15 is 4.39 Å². The molecular formula is C52H65FN6O8. The van der Waals surface area contributed by atoms with Gasteiger partial charge in [-0.15, -0.1) is 0 Å². The number of carbonyl (C=O) groups is 5. The number of likely N-dealkylation sites (N-methyl/N-ethyl adjacent to an activating group) is 1. The number of phenolic OH excluding ortho intramolecular Hbond substituents is 1. The molecule has 14 nitrogen and oxygen atoms in total. The Labute approximate surface area is 392 Å². The summed E-state index contributed by atoms with van der Waals surface area (Å²) in [6, 6.07) is 13.9. The Morgan fingerprint density at radius 2 is 1.85 bits per heavy atom. The molecule has 4 amide bonds. The highest BCUT2D eigenvalue weighted by molar-refractivity contribution is 5.96. The van der Waals surface area contributed by atoms with Crippen molar-refractivity contribution in [3.63, 3.8) is 0 Å². The molecule has 2 fully saturated rings. The molecule has 0 saturated carbocycles. The number of rotatable bonds is 11. The van der Waals surface area contributed by atoms with Gasteiger partial charge < -0.3 is 34.3 Å². The van der Waals surface area contributed by atoms with E-state index in [0.717, 1.165) is 33.3 Å². The van der Waals surface area contributed by atoms with Gasteiger partial charge in [0.2, 0.25) is 17.7 Å². The Bertz CT molecular complexity index is 2550. The van der Waals surface area contributed by atoms with Gasteiger partial charge in [0.05, 0.1) is 24.8 Å². The van der Waals surface area contributed by atoms with E-state index in [9.17, 15) is 29.1 Å². The van der Waals surface area contributed by atoms with Gasteiger partial charge in [0.15, 0.2) is 11.6 Å². The highest BCUT2D eigenvalue weighted by Gasteiger charge is 2.40. The van der Waals surface area contributed by atoms with E-state index < -0.39 is 64.7 Å². The van der Waals surface area contributed by atoms with Crippen LogP contribution in [0.1, 0.15) is 70.6 Å². The second-order valence-electron chi connectivity index (χ2n) is 19.3. The molecule has 358 valence electrons. The standard InChI is InChI=1S/C52H65FN6O8/c1-9-44(61)57-22-19-34(29-57)49(63)56(7)46(31(3)4)48(62)54-41-26-36-24-35(27-43(60)45(36)53)33-17-18-42-38(25-33)39(47(58(42)10-2)37-15-12-11-14-32(37)20-23-66-8)28-52(5,6)30-67-51(65)40-16-13-21-59(55-40)50(41)64/h9,11-12,14-15,17-18,24-25,27,31,34,40-41,46,55,60H,1,10,13,16,19-23,26,28-30H2,2-8H3,(H,54,62)/t34-,40-,41-,46-/m0/s1. The second kappa shape index (κ2) is 20.4. The number of hydrazine groups is 1. The molecule has 1 aromatic heterocycles. The minimum Gasteiger partial charge on any atom is -0.505 e. The van der Waals surface area contributed by atoms with Crippen LogP contribution in [0.15, 0.2) is 67.3 Å². The Hall–Kier alpha value is -6.06. The van der Waals surface area contributed by atoms with Crippen LogP contribution in [0.3, 0.4) is 0 Å². The first-order valence-corrected chi connectivity index (χ1v) is 23.4. The monoisotopic (exact) mass is 920 g/mol. The lowest BCUT2D eigenvalue weighted by Gasteiger charge is -2.37. The van der Waals surface area contributed by atoms with Gasteiger partial charge in [-0.2, -0.15) is 0 Å². The SMILES string of the molecule is C=CC(=O)N1CC[C@H](C(=O)N(C)[C@H](C(=O)N[C@H]2Cc3cc(cc(O)c3F)-c3ccc4c(c3)c(c(-c3ccccc3CCOC)n4CC)CC(C)(C)COC(=O)[C@@H]3CCCN(N3)C2=O)C(C)C)C1. The lowest BCUT2D eigenvalue weighted by Crippen LogP contribution is -2.62. The van der Waals surface area contributed by atoms with Gasteiger partial charge in [-0.25, -0.2) is 9.82 Å². The van der Waals surface area contributed by atoms with Crippen LogP contribution in [-0.4, -0.2) is 119 Å². The third-order valence-corrected chi connectivity index (χ3v) is 13.5. The summed E-state index contributed by atoms with van der Waals surface area (Å²) in [5, 5.41) is 16.3. The van der Waals surface area contributed by atoms with Crippen molar-refractivity contribution in [3.05, 3.63) is 89.8 Å². The first kappa shape index (κ1) is 48.9. The average Bonchev–Trinajstić information content (AvgIpc) is 3.93. The number of hydrogen-bond donors (Lipinski definition) is 3. The van der Waals surface area contributed by atoms with E-state index in [1.807, 2.05) is 30.3 Å². The fraction of sp³-hybridized carbons (Fsp3) is 0.481. The quantitative estimate of drug-likeness (QED) is 0.118. The number of benzene rings is 3. The number of phenols is 1. The molecular weight excluding hydrogens is 856 g/mol. The summed E-state index contributed by atoms with van der Waals surface area (Å²) < 4.78 is 30.2. The molecule has 67 heavy (non-hydrogen) atoms. The topological polar surface area (TPSA) is 163 Å². The molecule has 4 heterocycles. The van der Waals surface area contributed by atoms with Crippen molar-refractivity contribution in [2.45, 2.75) is 97.8 Å². The maximum atomic E-state index is 16.3. The van der Waals surface area contributed by atoms with Gasteiger partial charge in [0, 0.05) is 68.6 Å². The number of aromatic hydroxyl groups is 1. The van der Waals surface area contributed by atoms with E-state index in [1.54, 1.807) is 31.9 Å². The van der Waals surface area contributed by atoms with Crippen LogP contribution >= 0.6 is 0 Å². The number of aryl methyl sites for hydroxylation is 1. The zero-order valence-electron chi connectivity index (χ0n) is 39.8. The molecule has 0 aliphatic carbocycles. The van der Waals surface area contributed by atoms with E-state index in [1.165, 1.54) is 29.1 Å². The molecule has 4 atom stereocenters. The van der Waals surface area contributed by atoms with Crippen molar-refractivity contribution >= 4 is 40.5 Å². The number of amides is 4. The molecule has 15 heteroatoms. The van der Waals surface area contributed by atoms with E-state index in [0.29, 0.717) is 62.9 Å². The summed E-state index contributed by atoms with van der Waals surface area (Å²) in [7, 11) is 3.22. The lowest BCUT2D eigenvalue weighted by molar-refractivity contribution is -0.155. The number of nitrogens with zero attached hydrogens (tertiary/aromatic N) is 4. The maximum absolute atomic E-state index is 16.3. The number of methoxy groups -OCH3 is 1. The van der Waals surface area contributed by atoms with Crippen LogP contribution in [0, 0.1) is 23.1 Å². The highest BCUT2D eigenvalue weighted by Crippen LogP contribution is 2.42. The summed E-state index contributed by atoms with van der Waals surface area (Å²) in [5.74, 6) is -4.93. The zero-order chi connectivity index (χ0) is 48.3. The number of nitrogens with one attached hydrogen (secondary N) is 2. The summed E-state index contributed by atoms with van der Waals surface area (Å²) in [4.78, 5) is 72.2. The third-order valence-electron chi connectivity index (χ3n) is 13.5. The van der Waals surface area contributed by atoms with Crippen molar-refractivity contribution in [2.24, 2.45) is 17.3 Å². The van der Waals surface area contributed by atoms with Crippen LogP contribution in [0.4, 0.5) is 4.39 Å². The van der Waals surface area contributed by atoms with Crippen molar-refractivity contribution in [1.29, 1.82) is 0 Å². The van der Waals surface area contributed by atoms with Gasteiger partial charge in [0.1, 0.15) is 18.1 Å². The molecule has 0 unspecified atom stereocenters. The molecule has 3 N–H and O–H groups in total. The number of aromatic nitrogens is 1. The largest absolute Gasteiger partial charge is 0.505 e.